The van der Waals surface area contributed by atoms with E-state index in [1.165, 1.54) is 17.8 Å². The second-order valence-corrected chi connectivity index (χ2v) is 10.2. The van der Waals surface area contributed by atoms with E-state index < -0.39 is 15.9 Å². The van der Waals surface area contributed by atoms with Crippen LogP contribution in [0.15, 0.2) is 0 Å². The van der Waals surface area contributed by atoms with Crippen molar-refractivity contribution in [2.75, 3.05) is 6.26 Å². The molecule has 3 atom stereocenters. The molecule has 0 aromatic carbocycles. The van der Waals surface area contributed by atoms with Crippen LogP contribution in [-0.4, -0.2) is 34.6 Å². The lowest BCUT2D eigenvalue weighted by Crippen LogP contribution is -2.30. The Labute approximate surface area is 130 Å². The number of nitrogens with zero attached hydrogens (tertiary/aromatic N) is 2. The SMILES string of the molecule is CC(C)(C)c1nnsc1C(O)C1CCCC(S(C)(=O)=O)C1. The summed E-state index contributed by atoms with van der Waals surface area (Å²) < 4.78 is 27.5. The summed E-state index contributed by atoms with van der Waals surface area (Å²) in [5.74, 6) is -0.0261. The summed E-state index contributed by atoms with van der Waals surface area (Å²) in [6.07, 6.45) is 3.56. The maximum absolute atomic E-state index is 11.8. The lowest BCUT2D eigenvalue weighted by Gasteiger charge is -2.31. The molecule has 1 fully saturated rings. The number of aliphatic hydroxyl groups excluding tert-OH is 1. The molecule has 1 N–H and O–H groups in total. The Morgan fingerprint density at radius 3 is 2.57 bits per heavy atom. The molecule has 0 radical (unpaired) electrons. The monoisotopic (exact) mass is 332 g/mol. The van der Waals surface area contributed by atoms with E-state index >= 15 is 0 Å². The molecule has 1 aliphatic carbocycles. The van der Waals surface area contributed by atoms with Gasteiger partial charge in [0.05, 0.1) is 21.9 Å². The van der Waals surface area contributed by atoms with Crippen molar-refractivity contribution < 1.29 is 13.5 Å². The normalized spacial score (nSPS) is 25.8. The average molecular weight is 332 g/mol. The summed E-state index contributed by atoms with van der Waals surface area (Å²) in [5, 5.41) is 14.5. The molecule has 1 saturated carbocycles. The fourth-order valence-electron chi connectivity index (χ4n) is 2.98. The van der Waals surface area contributed by atoms with E-state index in [1.54, 1.807) is 0 Å². The third-order valence-corrected chi connectivity index (χ3v) is 6.65. The molecule has 21 heavy (non-hydrogen) atoms. The summed E-state index contributed by atoms with van der Waals surface area (Å²) in [6.45, 7) is 6.13. The summed E-state index contributed by atoms with van der Waals surface area (Å²) in [7, 11) is -3.04. The van der Waals surface area contributed by atoms with Crippen LogP contribution in [0.1, 0.15) is 63.1 Å². The second-order valence-electron chi connectivity index (χ2n) is 7.06. The van der Waals surface area contributed by atoms with E-state index in [0.29, 0.717) is 12.8 Å². The summed E-state index contributed by atoms with van der Waals surface area (Å²) in [5.41, 5.74) is 0.648. The first-order valence-corrected chi connectivity index (χ1v) is 10.0. The van der Waals surface area contributed by atoms with Crippen LogP contribution in [0.3, 0.4) is 0 Å². The van der Waals surface area contributed by atoms with Crippen molar-refractivity contribution in [3.05, 3.63) is 10.6 Å². The highest BCUT2D eigenvalue weighted by molar-refractivity contribution is 7.91. The molecule has 1 aromatic heterocycles. The Morgan fingerprint density at radius 2 is 2.00 bits per heavy atom. The standard InChI is InChI=1S/C14H24N2O3S2/c1-14(2,3)13-12(20-16-15-13)11(17)9-6-5-7-10(8-9)21(4,18)19/h9-11,17H,5-8H2,1-4H3. The quantitative estimate of drug-likeness (QED) is 0.920. The third kappa shape index (κ3) is 3.81. The number of sulfone groups is 1. The number of hydrogen-bond donors (Lipinski definition) is 1. The lowest BCUT2D eigenvalue weighted by molar-refractivity contribution is 0.0870. The summed E-state index contributed by atoms with van der Waals surface area (Å²) in [4.78, 5) is 0.793. The third-order valence-electron chi connectivity index (χ3n) is 4.21. The highest BCUT2D eigenvalue weighted by atomic mass is 32.2. The Hall–Kier alpha value is -0.530. The average Bonchev–Trinajstić information content (AvgIpc) is 2.86. The van der Waals surface area contributed by atoms with Crippen LogP contribution >= 0.6 is 11.5 Å². The van der Waals surface area contributed by atoms with Gasteiger partial charge in [0.25, 0.3) is 0 Å². The predicted molar refractivity (Wildman–Crippen MR) is 84.2 cm³/mol. The van der Waals surface area contributed by atoms with Crippen molar-refractivity contribution in [2.45, 2.75) is 63.2 Å². The van der Waals surface area contributed by atoms with Gasteiger partial charge < -0.3 is 5.11 Å². The molecule has 3 unspecified atom stereocenters. The van der Waals surface area contributed by atoms with Gasteiger partial charge in [-0.15, -0.1) is 5.10 Å². The minimum atomic E-state index is -3.04. The Morgan fingerprint density at radius 1 is 1.33 bits per heavy atom. The second kappa shape index (κ2) is 5.93. The molecular formula is C14H24N2O3S2. The molecule has 120 valence electrons. The molecule has 0 saturated heterocycles. The van der Waals surface area contributed by atoms with E-state index in [2.05, 4.69) is 9.59 Å². The minimum absolute atomic E-state index is 0.0261. The first-order chi connectivity index (χ1) is 9.60. The van der Waals surface area contributed by atoms with Gasteiger partial charge >= 0.3 is 0 Å². The first-order valence-electron chi connectivity index (χ1n) is 7.30. The van der Waals surface area contributed by atoms with Crippen LogP contribution in [0.2, 0.25) is 0 Å². The van der Waals surface area contributed by atoms with Gasteiger partial charge in [-0.25, -0.2) is 8.42 Å². The number of aromatic nitrogens is 2. The van der Waals surface area contributed by atoms with Crippen molar-refractivity contribution in [3.8, 4) is 0 Å². The molecule has 0 amide bonds. The van der Waals surface area contributed by atoms with Crippen LogP contribution in [0.4, 0.5) is 0 Å². The fraction of sp³-hybridized carbons (Fsp3) is 0.857. The molecule has 5 nitrogen and oxygen atoms in total. The number of hydrogen-bond acceptors (Lipinski definition) is 6. The molecule has 7 heteroatoms. The zero-order chi connectivity index (χ0) is 15.8. The van der Waals surface area contributed by atoms with Gasteiger partial charge in [-0.2, -0.15) is 0 Å². The summed E-state index contributed by atoms with van der Waals surface area (Å²) >= 11 is 1.23. The Balaban J connectivity index is 2.21. The van der Waals surface area contributed by atoms with Crippen LogP contribution < -0.4 is 0 Å². The van der Waals surface area contributed by atoms with Crippen molar-refractivity contribution in [3.63, 3.8) is 0 Å². The lowest BCUT2D eigenvalue weighted by atomic mass is 9.82. The van der Waals surface area contributed by atoms with Crippen LogP contribution in [0, 0.1) is 5.92 Å². The van der Waals surface area contributed by atoms with Gasteiger partial charge in [-0.3, -0.25) is 0 Å². The molecular weight excluding hydrogens is 308 g/mol. The highest BCUT2D eigenvalue weighted by Crippen LogP contribution is 2.40. The van der Waals surface area contributed by atoms with Gasteiger partial charge in [-0.1, -0.05) is 31.7 Å². The van der Waals surface area contributed by atoms with Gasteiger partial charge in [0.1, 0.15) is 9.84 Å². The van der Waals surface area contributed by atoms with Gasteiger partial charge in [0.2, 0.25) is 0 Å². The molecule has 1 aromatic rings. The topological polar surface area (TPSA) is 80.2 Å². The molecule has 0 aliphatic heterocycles. The Kier molecular flexibility index (Phi) is 4.75. The van der Waals surface area contributed by atoms with E-state index in [-0.39, 0.29) is 16.6 Å². The Bertz CT molecular complexity index is 590. The van der Waals surface area contributed by atoms with Crippen molar-refractivity contribution in [2.24, 2.45) is 5.92 Å². The maximum Gasteiger partial charge on any atom is 0.150 e. The highest BCUT2D eigenvalue weighted by Gasteiger charge is 2.36. The zero-order valence-corrected chi connectivity index (χ0v) is 14.7. The van der Waals surface area contributed by atoms with Crippen LogP contribution in [0.5, 0.6) is 0 Å². The smallest absolute Gasteiger partial charge is 0.150 e. The predicted octanol–water partition coefficient (Wildman–Crippen LogP) is 2.47. The van der Waals surface area contributed by atoms with Crippen molar-refractivity contribution in [1.82, 2.24) is 9.59 Å². The molecule has 2 rings (SSSR count). The number of rotatable bonds is 3. The van der Waals surface area contributed by atoms with Crippen LogP contribution in [-0.2, 0) is 15.3 Å². The van der Waals surface area contributed by atoms with Gasteiger partial charge in [0.15, 0.2) is 0 Å². The largest absolute Gasteiger partial charge is 0.387 e. The van der Waals surface area contributed by atoms with Gasteiger partial charge in [0, 0.05) is 11.7 Å². The van der Waals surface area contributed by atoms with E-state index in [4.69, 9.17) is 0 Å². The van der Waals surface area contributed by atoms with E-state index in [1.807, 2.05) is 20.8 Å². The maximum atomic E-state index is 11.8. The molecule has 1 aliphatic rings. The number of aliphatic hydroxyl groups is 1. The van der Waals surface area contributed by atoms with E-state index in [0.717, 1.165) is 23.4 Å². The molecule has 0 bridgehead atoms. The van der Waals surface area contributed by atoms with Gasteiger partial charge in [-0.05, 0) is 36.7 Å². The minimum Gasteiger partial charge on any atom is -0.387 e. The van der Waals surface area contributed by atoms with Crippen molar-refractivity contribution in [1.29, 1.82) is 0 Å². The van der Waals surface area contributed by atoms with Crippen LogP contribution in [0.25, 0.3) is 0 Å². The van der Waals surface area contributed by atoms with E-state index in [9.17, 15) is 13.5 Å². The summed E-state index contributed by atoms with van der Waals surface area (Å²) in [6, 6.07) is 0. The first kappa shape index (κ1) is 16.8. The fourth-order valence-corrected chi connectivity index (χ4v) is 5.12. The molecule has 1 heterocycles. The zero-order valence-electron chi connectivity index (χ0n) is 13.0. The molecule has 0 spiro atoms. The van der Waals surface area contributed by atoms with Crippen molar-refractivity contribution >= 4 is 21.4 Å².